The molecular formula is C24H22ClN3O5. The van der Waals surface area contributed by atoms with Crippen LogP contribution in [0.2, 0.25) is 5.02 Å². The van der Waals surface area contributed by atoms with Crippen molar-refractivity contribution in [3.63, 3.8) is 0 Å². The third kappa shape index (κ3) is 6.08. The summed E-state index contributed by atoms with van der Waals surface area (Å²) < 4.78 is 11.4. The topological polar surface area (TPSA) is 103 Å². The number of amides is 1. The zero-order chi connectivity index (χ0) is 24.0. The zero-order valence-electron chi connectivity index (χ0n) is 18.3. The number of ether oxygens (including phenoxy) is 2. The Morgan fingerprint density at radius 3 is 2.39 bits per heavy atom. The Morgan fingerprint density at radius 1 is 1.12 bits per heavy atom. The number of hydrogen-bond donors (Lipinski definition) is 1. The van der Waals surface area contributed by atoms with Crippen LogP contribution < -0.4 is 14.9 Å². The number of nitro benzene ring substituents is 1. The van der Waals surface area contributed by atoms with Crippen molar-refractivity contribution < 1.29 is 19.2 Å². The molecule has 9 heteroatoms. The Morgan fingerprint density at radius 2 is 1.79 bits per heavy atom. The number of hydrazone groups is 1. The van der Waals surface area contributed by atoms with Crippen molar-refractivity contribution in [2.75, 3.05) is 7.11 Å². The van der Waals surface area contributed by atoms with Gasteiger partial charge < -0.3 is 9.47 Å². The highest BCUT2D eigenvalue weighted by Gasteiger charge is 2.10. The number of carbonyl (C=O) groups excluding carboxylic acids is 1. The summed E-state index contributed by atoms with van der Waals surface area (Å²) in [6.07, 6.45) is 1.49. The lowest BCUT2D eigenvalue weighted by Crippen LogP contribution is -2.17. The highest BCUT2D eigenvalue weighted by molar-refractivity contribution is 6.32. The zero-order valence-corrected chi connectivity index (χ0v) is 19.1. The van der Waals surface area contributed by atoms with E-state index in [2.05, 4.69) is 10.5 Å². The van der Waals surface area contributed by atoms with E-state index in [1.54, 1.807) is 19.2 Å². The van der Waals surface area contributed by atoms with E-state index in [1.165, 1.54) is 30.5 Å². The highest BCUT2D eigenvalue weighted by Crippen LogP contribution is 2.27. The molecular weight excluding hydrogens is 446 g/mol. The smallest absolute Gasteiger partial charge is 0.271 e. The Hall–Kier alpha value is -3.91. The number of nitrogens with one attached hydrogen (secondary N) is 1. The van der Waals surface area contributed by atoms with Crippen LogP contribution in [0, 0.1) is 24.0 Å². The van der Waals surface area contributed by atoms with Gasteiger partial charge in [0.05, 0.1) is 18.2 Å². The lowest BCUT2D eigenvalue weighted by Gasteiger charge is -2.13. The molecule has 0 radical (unpaired) electrons. The fourth-order valence-corrected chi connectivity index (χ4v) is 3.22. The first-order valence-electron chi connectivity index (χ1n) is 9.93. The lowest BCUT2D eigenvalue weighted by atomic mass is 10.1. The van der Waals surface area contributed by atoms with Gasteiger partial charge in [-0.05, 0) is 73.0 Å². The Labute approximate surface area is 195 Å². The van der Waals surface area contributed by atoms with Gasteiger partial charge in [-0.25, -0.2) is 5.43 Å². The molecule has 1 N–H and O–H groups in total. The van der Waals surface area contributed by atoms with E-state index in [4.69, 9.17) is 21.1 Å². The third-order valence-electron chi connectivity index (χ3n) is 4.83. The maximum absolute atomic E-state index is 12.2. The second kappa shape index (κ2) is 10.6. The molecule has 0 aliphatic carbocycles. The van der Waals surface area contributed by atoms with Gasteiger partial charge in [0.2, 0.25) is 0 Å². The van der Waals surface area contributed by atoms with Crippen LogP contribution in [0.15, 0.2) is 59.7 Å². The van der Waals surface area contributed by atoms with Crippen molar-refractivity contribution in [1.82, 2.24) is 5.43 Å². The fourth-order valence-electron chi connectivity index (χ4n) is 3.11. The van der Waals surface area contributed by atoms with Crippen molar-refractivity contribution in [3.8, 4) is 11.5 Å². The monoisotopic (exact) mass is 467 g/mol. The highest BCUT2D eigenvalue weighted by atomic mass is 35.5. The maximum atomic E-state index is 12.2. The first kappa shape index (κ1) is 23.7. The summed E-state index contributed by atoms with van der Waals surface area (Å²) in [7, 11) is 1.58. The van der Waals surface area contributed by atoms with Crippen LogP contribution in [0.25, 0.3) is 0 Å². The normalized spacial score (nSPS) is 10.8. The van der Waals surface area contributed by atoms with Crippen LogP contribution in [0.1, 0.15) is 32.6 Å². The summed E-state index contributed by atoms with van der Waals surface area (Å²) in [5.74, 6) is 0.877. The molecule has 0 aromatic heterocycles. The minimum atomic E-state index is -0.528. The van der Waals surface area contributed by atoms with E-state index in [1.807, 2.05) is 32.0 Å². The molecule has 0 bridgehead atoms. The van der Waals surface area contributed by atoms with Crippen LogP contribution in [0.4, 0.5) is 5.69 Å². The minimum Gasteiger partial charge on any atom is -0.496 e. The second-order valence-corrected chi connectivity index (χ2v) is 7.61. The number of aryl methyl sites for hydroxylation is 2. The summed E-state index contributed by atoms with van der Waals surface area (Å²) in [6.45, 7) is 4.11. The predicted octanol–water partition coefficient (Wildman–Crippen LogP) is 5.22. The number of hydrogen-bond acceptors (Lipinski definition) is 6. The number of benzene rings is 3. The van der Waals surface area contributed by atoms with Crippen molar-refractivity contribution in [2.24, 2.45) is 5.10 Å². The quantitative estimate of drug-likeness (QED) is 0.278. The SMILES string of the molecule is COc1ccc(/C=N\NC(=O)c2ccc([N+](=O)[O-])cc2)cc1COc1cc(C)c(Cl)c(C)c1. The molecule has 0 saturated heterocycles. The molecule has 3 aromatic rings. The summed E-state index contributed by atoms with van der Waals surface area (Å²) in [5.41, 5.74) is 5.96. The first-order chi connectivity index (χ1) is 15.8. The molecule has 0 fully saturated rings. The van der Waals surface area contributed by atoms with Crippen molar-refractivity contribution in [1.29, 1.82) is 0 Å². The Balaban J connectivity index is 1.67. The largest absolute Gasteiger partial charge is 0.496 e. The fraction of sp³-hybridized carbons (Fsp3) is 0.167. The number of methoxy groups -OCH3 is 1. The van der Waals surface area contributed by atoms with Gasteiger partial charge in [0.1, 0.15) is 18.1 Å². The molecule has 3 aromatic carbocycles. The molecule has 0 heterocycles. The lowest BCUT2D eigenvalue weighted by molar-refractivity contribution is -0.384. The predicted molar refractivity (Wildman–Crippen MR) is 126 cm³/mol. The molecule has 0 spiro atoms. The summed E-state index contributed by atoms with van der Waals surface area (Å²) in [4.78, 5) is 22.4. The van der Waals surface area contributed by atoms with Gasteiger partial charge in [-0.3, -0.25) is 14.9 Å². The van der Waals surface area contributed by atoms with Gasteiger partial charge in [0, 0.05) is 28.3 Å². The van der Waals surface area contributed by atoms with Gasteiger partial charge in [-0.15, -0.1) is 0 Å². The third-order valence-corrected chi connectivity index (χ3v) is 5.42. The molecule has 3 rings (SSSR count). The molecule has 0 aliphatic heterocycles. The second-order valence-electron chi connectivity index (χ2n) is 7.23. The van der Waals surface area contributed by atoms with Crippen LogP contribution in [-0.2, 0) is 6.61 Å². The van der Waals surface area contributed by atoms with Gasteiger partial charge in [-0.2, -0.15) is 5.10 Å². The average molecular weight is 468 g/mol. The van der Waals surface area contributed by atoms with Crippen molar-refractivity contribution in [3.05, 3.63) is 97.6 Å². The summed E-state index contributed by atoms with van der Waals surface area (Å²) >= 11 is 6.22. The average Bonchev–Trinajstić information content (AvgIpc) is 2.81. The molecule has 170 valence electrons. The van der Waals surface area contributed by atoms with Crippen LogP contribution in [0.5, 0.6) is 11.5 Å². The van der Waals surface area contributed by atoms with E-state index in [9.17, 15) is 14.9 Å². The van der Waals surface area contributed by atoms with E-state index >= 15 is 0 Å². The van der Waals surface area contributed by atoms with Gasteiger partial charge in [0.25, 0.3) is 11.6 Å². The number of halogens is 1. The van der Waals surface area contributed by atoms with Crippen molar-refractivity contribution in [2.45, 2.75) is 20.5 Å². The Kier molecular flexibility index (Phi) is 7.63. The Bertz CT molecular complexity index is 1190. The number of nitro groups is 1. The minimum absolute atomic E-state index is 0.0908. The molecule has 33 heavy (non-hydrogen) atoms. The van der Waals surface area contributed by atoms with E-state index in [0.717, 1.165) is 22.3 Å². The summed E-state index contributed by atoms with van der Waals surface area (Å²) in [5, 5.41) is 15.4. The molecule has 0 saturated carbocycles. The molecule has 1 amide bonds. The maximum Gasteiger partial charge on any atom is 0.271 e. The number of rotatable bonds is 8. The standard InChI is InChI=1S/C24H22ClN3O5/c1-15-10-21(11-16(2)23(15)25)33-14-19-12-17(4-9-22(19)32-3)13-26-27-24(29)18-5-7-20(8-6-18)28(30)31/h4-13H,14H2,1-3H3,(H,27,29)/b26-13-. The first-order valence-corrected chi connectivity index (χ1v) is 10.3. The van der Waals surface area contributed by atoms with Gasteiger partial charge >= 0.3 is 0 Å². The van der Waals surface area contributed by atoms with E-state index in [0.29, 0.717) is 16.5 Å². The van der Waals surface area contributed by atoms with Crippen LogP contribution in [0.3, 0.4) is 0 Å². The van der Waals surface area contributed by atoms with Crippen LogP contribution in [-0.4, -0.2) is 24.2 Å². The van der Waals surface area contributed by atoms with Crippen LogP contribution >= 0.6 is 11.6 Å². The number of non-ortho nitro benzene ring substituents is 1. The van der Waals surface area contributed by atoms with E-state index < -0.39 is 10.8 Å². The molecule has 0 unspecified atom stereocenters. The van der Waals surface area contributed by atoms with Gasteiger partial charge in [-0.1, -0.05) is 11.6 Å². The molecule has 8 nitrogen and oxygen atoms in total. The molecule has 0 aliphatic rings. The molecule has 0 atom stereocenters. The summed E-state index contributed by atoms with van der Waals surface area (Å²) in [6, 6.07) is 14.4. The number of carbonyl (C=O) groups is 1. The number of nitrogens with zero attached hydrogens (tertiary/aromatic N) is 2. The van der Waals surface area contributed by atoms with Crippen molar-refractivity contribution >= 4 is 29.4 Å². The van der Waals surface area contributed by atoms with E-state index in [-0.39, 0.29) is 17.9 Å². The van der Waals surface area contributed by atoms with Gasteiger partial charge in [0.15, 0.2) is 0 Å².